The van der Waals surface area contributed by atoms with Gasteiger partial charge in [-0.3, -0.25) is 0 Å². The second-order valence-corrected chi connectivity index (χ2v) is 4.42. The molecule has 0 bridgehead atoms. The van der Waals surface area contributed by atoms with E-state index in [-0.39, 0.29) is 12.6 Å². The standard InChI is InChI=1S/C13H27NO4/c1-5-7-14-13(3,12(15)16-4)11-18-10-9-17-8-6-2/h14H,5-11H2,1-4H3. The SMILES string of the molecule is CCCNC(C)(COCCOCCC)C(=O)OC. The van der Waals surface area contributed by atoms with Crippen molar-refractivity contribution in [2.24, 2.45) is 0 Å². The van der Waals surface area contributed by atoms with Gasteiger partial charge < -0.3 is 19.5 Å². The number of rotatable bonds is 11. The van der Waals surface area contributed by atoms with Crippen molar-refractivity contribution in [2.45, 2.75) is 39.2 Å². The molecule has 0 heterocycles. The van der Waals surface area contributed by atoms with Crippen LogP contribution in [0.1, 0.15) is 33.6 Å². The predicted molar refractivity (Wildman–Crippen MR) is 70.6 cm³/mol. The quantitative estimate of drug-likeness (QED) is 0.449. The Labute approximate surface area is 110 Å². The zero-order chi connectivity index (χ0) is 13.9. The highest BCUT2D eigenvalue weighted by atomic mass is 16.5. The van der Waals surface area contributed by atoms with Gasteiger partial charge in [-0.05, 0) is 26.3 Å². The second kappa shape index (κ2) is 10.3. The minimum atomic E-state index is -0.782. The molecule has 5 nitrogen and oxygen atoms in total. The smallest absolute Gasteiger partial charge is 0.328 e. The van der Waals surface area contributed by atoms with Crippen LogP contribution in [0.25, 0.3) is 0 Å². The summed E-state index contributed by atoms with van der Waals surface area (Å²) in [7, 11) is 1.39. The zero-order valence-corrected chi connectivity index (χ0v) is 12.1. The number of carbonyl (C=O) groups excluding carboxylic acids is 1. The Morgan fingerprint density at radius 3 is 2.33 bits per heavy atom. The molecule has 0 aromatic rings. The second-order valence-electron chi connectivity index (χ2n) is 4.42. The first-order chi connectivity index (χ1) is 8.60. The van der Waals surface area contributed by atoms with Gasteiger partial charge >= 0.3 is 5.97 Å². The lowest BCUT2D eigenvalue weighted by Crippen LogP contribution is -2.54. The predicted octanol–water partition coefficient (Wildman–Crippen LogP) is 1.36. The lowest BCUT2D eigenvalue weighted by molar-refractivity contribution is -0.151. The van der Waals surface area contributed by atoms with E-state index in [1.807, 2.05) is 6.92 Å². The normalized spacial score (nSPS) is 14.2. The maximum Gasteiger partial charge on any atom is 0.328 e. The van der Waals surface area contributed by atoms with Crippen LogP contribution < -0.4 is 5.32 Å². The van der Waals surface area contributed by atoms with Crippen molar-refractivity contribution < 1.29 is 19.0 Å². The van der Waals surface area contributed by atoms with Gasteiger partial charge in [0.1, 0.15) is 5.54 Å². The van der Waals surface area contributed by atoms with Crippen LogP contribution >= 0.6 is 0 Å². The van der Waals surface area contributed by atoms with Crippen LogP contribution in [0.3, 0.4) is 0 Å². The first-order valence-electron chi connectivity index (χ1n) is 6.59. The molecule has 1 atom stereocenters. The largest absolute Gasteiger partial charge is 0.468 e. The zero-order valence-electron chi connectivity index (χ0n) is 12.1. The molecule has 0 aromatic carbocycles. The van der Waals surface area contributed by atoms with Crippen LogP contribution in [-0.4, -0.2) is 51.6 Å². The van der Waals surface area contributed by atoms with Crippen molar-refractivity contribution in [1.29, 1.82) is 0 Å². The number of carbonyl (C=O) groups is 1. The van der Waals surface area contributed by atoms with Gasteiger partial charge in [-0.1, -0.05) is 13.8 Å². The number of nitrogens with one attached hydrogen (secondary N) is 1. The van der Waals surface area contributed by atoms with Crippen LogP contribution in [0.5, 0.6) is 0 Å². The number of ether oxygens (including phenoxy) is 3. The molecule has 0 spiro atoms. The molecule has 0 aromatic heterocycles. The molecule has 18 heavy (non-hydrogen) atoms. The fraction of sp³-hybridized carbons (Fsp3) is 0.923. The van der Waals surface area contributed by atoms with E-state index in [0.29, 0.717) is 13.2 Å². The van der Waals surface area contributed by atoms with Gasteiger partial charge in [0.15, 0.2) is 0 Å². The third-order valence-corrected chi connectivity index (χ3v) is 2.51. The van der Waals surface area contributed by atoms with Crippen molar-refractivity contribution in [3.8, 4) is 0 Å². The van der Waals surface area contributed by atoms with Gasteiger partial charge in [0, 0.05) is 6.61 Å². The van der Waals surface area contributed by atoms with Crippen molar-refractivity contribution in [1.82, 2.24) is 5.32 Å². The number of hydrogen-bond acceptors (Lipinski definition) is 5. The fourth-order valence-electron chi connectivity index (χ4n) is 1.45. The molecule has 0 saturated carbocycles. The topological polar surface area (TPSA) is 56.8 Å². The van der Waals surface area contributed by atoms with E-state index >= 15 is 0 Å². The molecule has 0 aliphatic heterocycles. The summed E-state index contributed by atoms with van der Waals surface area (Å²) in [6.07, 6.45) is 1.95. The van der Waals surface area contributed by atoms with Gasteiger partial charge in [0.05, 0.1) is 26.9 Å². The summed E-state index contributed by atoms with van der Waals surface area (Å²) in [6.45, 7) is 8.72. The molecule has 1 N–H and O–H groups in total. The van der Waals surface area contributed by atoms with E-state index < -0.39 is 5.54 Å². The monoisotopic (exact) mass is 261 g/mol. The van der Waals surface area contributed by atoms with E-state index in [1.54, 1.807) is 6.92 Å². The van der Waals surface area contributed by atoms with Crippen LogP contribution in [0.2, 0.25) is 0 Å². The van der Waals surface area contributed by atoms with Gasteiger partial charge in [-0.25, -0.2) is 4.79 Å². The van der Waals surface area contributed by atoms with Crippen molar-refractivity contribution in [3.63, 3.8) is 0 Å². The Hall–Kier alpha value is -0.650. The first kappa shape index (κ1) is 17.4. The fourth-order valence-corrected chi connectivity index (χ4v) is 1.45. The Bertz CT molecular complexity index is 223. The first-order valence-corrected chi connectivity index (χ1v) is 6.59. The molecule has 0 aliphatic carbocycles. The molecule has 1 unspecified atom stereocenters. The number of hydrogen-bond donors (Lipinski definition) is 1. The summed E-state index contributed by atoms with van der Waals surface area (Å²) in [5, 5.41) is 3.16. The van der Waals surface area contributed by atoms with Gasteiger partial charge in [0.2, 0.25) is 0 Å². The average Bonchev–Trinajstić information content (AvgIpc) is 2.39. The molecule has 0 fully saturated rings. The summed E-state index contributed by atoms with van der Waals surface area (Å²) in [6, 6.07) is 0. The van der Waals surface area contributed by atoms with E-state index in [1.165, 1.54) is 7.11 Å². The minimum absolute atomic E-state index is 0.287. The lowest BCUT2D eigenvalue weighted by Gasteiger charge is -2.27. The maximum absolute atomic E-state index is 11.7. The Morgan fingerprint density at radius 1 is 1.11 bits per heavy atom. The van der Waals surface area contributed by atoms with Crippen molar-refractivity contribution in [3.05, 3.63) is 0 Å². The Balaban J connectivity index is 3.97. The molecule has 0 saturated heterocycles. The third kappa shape index (κ3) is 6.93. The number of methoxy groups -OCH3 is 1. The highest BCUT2D eigenvalue weighted by Crippen LogP contribution is 2.07. The third-order valence-electron chi connectivity index (χ3n) is 2.51. The Kier molecular flexibility index (Phi) is 9.92. The summed E-state index contributed by atoms with van der Waals surface area (Å²) < 4.78 is 15.6. The summed E-state index contributed by atoms with van der Waals surface area (Å²) in [5.74, 6) is -0.301. The van der Waals surface area contributed by atoms with Crippen LogP contribution in [0.15, 0.2) is 0 Å². The molecule has 5 heteroatoms. The van der Waals surface area contributed by atoms with Crippen LogP contribution in [0, 0.1) is 0 Å². The average molecular weight is 261 g/mol. The van der Waals surface area contributed by atoms with Crippen LogP contribution in [0.4, 0.5) is 0 Å². The Morgan fingerprint density at radius 2 is 1.78 bits per heavy atom. The highest BCUT2D eigenvalue weighted by molar-refractivity contribution is 5.80. The summed E-state index contributed by atoms with van der Waals surface area (Å²) >= 11 is 0. The molecule has 0 amide bonds. The molecule has 0 rings (SSSR count). The number of esters is 1. The molecular weight excluding hydrogens is 234 g/mol. The van der Waals surface area contributed by atoms with E-state index in [9.17, 15) is 4.79 Å². The molecule has 108 valence electrons. The van der Waals surface area contributed by atoms with Gasteiger partial charge in [0.25, 0.3) is 0 Å². The highest BCUT2D eigenvalue weighted by Gasteiger charge is 2.33. The van der Waals surface area contributed by atoms with E-state index in [0.717, 1.165) is 26.0 Å². The van der Waals surface area contributed by atoms with Gasteiger partial charge in [-0.15, -0.1) is 0 Å². The maximum atomic E-state index is 11.7. The summed E-state index contributed by atoms with van der Waals surface area (Å²) in [5.41, 5.74) is -0.782. The molecular formula is C13H27NO4. The minimum Gasteiger partial charge on any atom is -0.468 e. The lowest BCUT2D eigenvalue weighted by atomic mass is 10.0. The van der Waals surface area contributed by atoms with Crippen molar-refractivity contribution >= 4 is 5.97 Å². The van der Waals surface area contributed by atoms with Crippen molar-refractivity contribution in [2.75, 3.05) is 40.1 Å². The van der Waals surface area contributed by atoms with E-state index in [2.05, 4.69) is 12.2 Å². The molecule has 0 radical (unpaired) electrons. The van der Waals surface area contributed by atoms with E-state index in [4.69, 9.17) is 14.2 Å². The summed E-state index contributed by atoms with van der Waals surface area (Å²) in [4.78, 5) is 11.7. The van der Waals surface area contributed by atoms with Crippen LogP contribution in [-0.2, 0) is 19.0 Å². The van der Waals surface area contributed by atoms with Gasteiger partial charge in [-0.2, -0.15) is 0 Å². The molecule has 0 aliphatic rings.